The van der Waals surface area contributed by atoms with Crippen molar-refractivity contribution in [2.45, 2.75) is 19.4 Å². The molecule has 0 heterocycles. The van der Waals surface area contributed by atoms with Crippen molar-refractivity contribution in [3.05, 3.63) is 29.6 Å². The van der Waals surface area contributed by atoms with Crippen LogP contribution in [0.5, 0.6) is 5.75 Å². The van der Waals surface area contributed by atoms with E-state index in [1.807, 2.05) is 6.92 Å². The van der Waals surface area contributed by atoms with Crippen molar-refractivity contribution < 1.29 is 13.9 Å². The molecule has 0 spiro atoms. The summed E-state index contributed by atoms with van der Waals surface area (Å²) in [5.41, 5.74) is 0.281. The minimum absolute atomic E-state index is 0.152. The summed E-state index contributed by atoms with van der Waals surface area (Å²) in [6.45, 7) is 1.89. The Morgan fingerprint density at radius 2 is 2.25 bits per heavy atom. The molecule has 0 fully saturated rings. The van der Waals surface area contributed by atoms with Crippen LogP contribution in [0.4, 0.5) is 4.39 Å². The topological polar surface area (TPSA) is 38.3 Å². The summed E-state index contributed by atoms with van der Waals surface area (Å²) in [5, 5.41) is 2.89. The van der Waals surface area contributed by atoms with Crippen molar-refractivity contribution in [2.75, 3.05) is 14.2 Å². The van der Waals surface area contributed by atoms with Crippen LogP contribution in [-0.2, 0) is 0 Å². The van der Waals surface area contributed by atoms with E-state index in [1.54, 1.807) is 7.05 Å². The van der Waals surface area contributed by atoms with Gasteiger partial charge in [0.15, 0.2) is 5.78 Å². The molecule has 0 aromatic heterocycles. The zero-order valence-electron chi connectivity index (χ0n) is 9.71. The number of halogens is 1. The predicted octanol–water partition coefficient (Wildman–Crippen LogP) is 2.01. The minimum atomic E-state index is -0.435. The lowest BCUT2D eigenvalue weighted by molar-refractivity contribution is 0.0941. The number of benzene rings is 1. The van der Waals surface area contributed by atoms with E-state index in [9.17, 15) is 9.18 Å². The van der Waals surface area contributed by atoms with Gasteiger partial charge in [0.25, 0.3) is 0 Å². The molecule has 3 nitrogen and oxygen atoms in total. The van der Waals surface area contributed by atoms with Crippen molar-refractivity contribution in [1.29, 1.82) is 0 Å². The molecule has 0 bridgehead atoms. The third kappa shape index (κ3) is 2.58. The van der Waals surface area contributed by atoms with Crippen LogP contribution in [0.25, 0.3) is 0 Å². The summed E-state index contributed by atoms with van der Waals surface area (Å²) in [6.07, 6.45) is 0.648. The molecule has 0 amide bonds. The highest BCUT2D eigenvalue weighted by molar-refractivity contribution is 6.02. The first kappa shape index (κ1) is 12.6. The molecule has 4 heteroatoms. The van der Waals surface area contributed by atoms with E-state index in [1.165, 1.54) is 25.3 Å². The Kier molecular flexibility index (Phi) is 4.43. The van der Waals surface area contributed by atoms with Gasteiger partial charge in [-0.25, -0.2) is 4.39 Å². The highest BCUT2D eigenvalue weighted by atomic mass is 19.1. The minimum Gasteiger partial charge on any atom is -0.496 e. The average molecular weight is 225 g/mol. The molecule has 0 saturated carbocycles. The molecule has 0 aliphatic heterocycles. The second kappa shape index (κ2) is 5.61. The largest absolute Gasteiger partial charge is 0.496 e. The lowest BCUT2D eigenvalue weighted by Gasteiger charge is -2.14. The lowest BCUT2D eigenvalue weighted by atomic mass is 10.0. The molecule has 0 aliphatic rings. The van der Waals surface area contributed by atoms with Crippen LogP contribution in [0, 0.1) is 5.82 Å². The average Bonchev–Trinajstić information content (AvgIpc) is 2.30. The summed E-state index contributed by atoms with van der Waals surface area (Å²) < 4.78 is 18.1. The van der Waals surface area contributed by atoms with Gasteiger partial charge in [0, 0.05) is 0 Å². The number of rotatable bonds is 5. The standard InChI is InChI=1S/C12H16FNO2/c1-4-10(14-2)12(15)9-7-8(13)5-6-11(9)16-3/h5-7,10,14H,4H2,1-3H3. The van der Waals surface area contributed by atoms with Crippen molar-refractivity contribution in [2.24, 2.45) is 0 Å². The number of ether oxygens (including phenoxy) is 1. The zero-order chi connectivity index (χ0) is 12.1. The number of carbonyl (C=O) groups is 1. The molecule has 1 aromatic carbocycles. The number of likely N-dealkylation sites (N-methyl/N-ethyl adjacent to an activating group) is 1. The van der Waals surface area contributed by atoms with Crippen molar-refractivity contribution >= 4 is 5.78 Å². The van der Waals surface area contributed by atoms with Gasteiger partial charge in [-0.1, -0.05) is 6.92 Å². The molecule has 1 atom stereocenters. The molecule has 0 radical (unpaired) electrons. The maximum atomic E-state index is 13.1. The van der Waals surface area contributed by atoms with Crippen LogP contribution in [0.1, 0.15) is 23.7 Å². The Bertz CT molecular complexity index is 375. The molecule has 0 aliphatic carbocycles. The van der Waals surface area contributed by atoms with Gasteiger partial charge in [-0.2, -0.15) is 0 Å². The van der Waals surface area contributed by atoms with E-state index in [4.69, 9.17) is 4.74 Å². The Morgan fingerprint density at radius 1 is 1.56 bits per heavy atom. The van der Waals surface area contributed by atoms with E-state index in [0.29, 0.717) is 12.2 Å². The summed E-state index contributed by atoms with van der Waals surface area (Å²) in [4.78, 5) is 12.0. The van der Waals surface area contributed by atoms with Crippen molar-refractivity contribution in [3.8, 4) is 5.75 Å². The molecule has 1 rings (SSSR count). The highest BCUT2D eigenvalue weighted by Crippen LogP contribution is 2.21. The van der Waals surface area contributed by atoms with Gasteiger partial charge in [-0.05, 0) is 31.7 Å². The maximum Gasteiger partial charge on any atom is 0.183 e. The fourth-order valence-corrected chi connectivity index (χ4v) is 1.58. The zero-order valence-corrected chi connectivity index (χ0v) is 9.71. The molecule has 16 heavy (non-hydrogen) atoms. The van der Waals surface area contributed by atoms with Gasteiger partial charge in [-0.15, -0.1) is 0 Å². The molecule has 0 saturated heterocycles. The van der Waals surface area contributed by atoms with Crippen LogP contribution in [0.15, 0.2) is 18.2 Å². The second-order valence-corrected chi connectivity index (χ2v) is 3.46. The summed E-state index contributed by atoms with van der Waals surface area (Å²) >= 11 is 0. The van der Waals surface area contributed by atoms with Gasteiger partial charge in [0.1, 0.15) is 11.6 Å². The second-order valence-electron chi connectivity index (χ2n) is 3.46. The Morgan fingerprint density at radius 3 is 2.75 bits per heavy atom. The Hall–Kier alpha value is -1.42. The number of hydrogen-bond donors (Lipinski definition) is 1. The molecule has 1 N–H and O–H groups in total. The van der Waals surface area contributed by atoms with Gasteiger partial charge >= 0.3 is 0 Å². The van der Waals surface area contributed by atoms with E-state index >= 15 is 0 Å². The van der Waals surface area contributed by atoms with Crippen LogP contribution >= 0.6 is 0 Å². The SMILES string of the molecule is CCC(NC)C(=O)c1cc(F)ccc1OC. The fraction of sp³-hybridized carbons (Fsp3) is 0.417. The van der Waals surface area contributed by atoms with Gasteiger partial charge < -0.3 is 10.1 Å². The van der Waals surface area contributed by atoms with Crippen molar-refractivity contribution in [3.63, 3.8) is 0 Å². The predicted molar refractivity (Wildman–Crippen MR) is 60.4 cm³/mol. The quantitative estimate of drug-likeness (QED) is 0.779. The maximum absolute atomic E-state index is 13.1. The van der Waals surface area contributed by atoms with Crippen LogP contribution < -0.4 is 10.1 Å². The van der Waals surface area contributed by atoms with Gasteiger partial charge in [0.2, 0.25) is 0 Å². The lowest BCUT2D eigenvalue weighted by Crippen LogP contribution is -2.33. The first-order valence-electron chi connectivity index (χ1n) is 5.19. The Labute approximate surface area is 94.6 Å². The number of methoxy groups -OCH3 is 1. The van der Waals surface area contributed by atoms with E-state index in [0.717, 1.165) is 0 Å². The highest BCUT2D eigenvalue weighted by Gasteiger charge is 2.20. The molecule has 1 unspecified atom stereocenters. The normalized spacial score (nSPS) is 12.2. The number of ketones is 1. The summed E-state index contributed by atoms with van der Waals surface area (Å²) in [6, 6.07) is 3.64. The summed E-state index contributed by atoms with van der Waals surface area (Å²) in [7, 11) is 3.17. The van der Waals surface area contributed by atoms with Crippen LogP contribution in [0.3, 0.4) is 0 Å². The smallest absolute Gasteiger partial charge is 0.183 e. The molecular weight excluding hydrogens is 209 g/mol. The van der Waals surface area contributed by atoms with Crippen LogP contribution in [-0.4, -0.2) is 26.0 Å². The first-order chi connectivity index (χ1) is 7.63. The van der Waals surface area contributed by atoms with Gasteiger partial charge in [-0.3, -0.25) is 4.79 Å². The van der Waals surface area contributed by atoms with Crippen LogP contribution in [0.2, 0.25) is 0 Å². The van der Waals surface area contributed by atoms with Gasteiger partial charge in [0.05, 0.1) is 18.7 Å². The first-order valence-corrected chi connectivity index (χ1v) is 5.19. The third-order valence-corrected chi connectivity index (χ3v) is 2.50. The fourth-order valence-electron chi connectivity index (χ4n) is 1.58. The van der Waals surface area contributed by atoms with E-state index < -0.39 is 5.82 Å². The molecular formula is C12H16FNO2. The van der Waals surface area contributed by atoms with Crippen molar-refractivity contribution in [1.82, 2.24) is 5.32 Å². The number of carbonyl (C=O) groups excluding carboxylic acids is 1. The Balaban J connectivity index is 3.10. The monoisotopic (exact) mass is 225 g/mol. The third-order valence-electron chi connectivity index (χ3n) is 2.50. The molecule has 1 aromatic rings. The van der Waals surface area contributed by atoms with E-state index in [2.05, 4.69) is 5.32 Å². The number of hydrogen-bond acceptors (Lipinski definition) is 3. The van der Waals surface area contributed by atoms with E-state index in [-0.39, 0.29) is 17.4 Å². The molecule has 88 valence electrons. The number of nitrogens with one attached hydrogen (secondary N) is 1. The summed E-state index contributed by atoms with van der Waals surface area (Å²) in [5.74, 6) is -0.184. The number of Topliss-reactive ketones (excluding diaryl/α,β-unsaturated/α-hetero) is 1.